The van der Waals surface area contributed by atoms with Gasteiger partial charge in [-0.15, -0.1) is 0 Å². The second kappa shape index (κ2) is 8.37. The molecule has 0 fully saturated rings. The molecule has 128 valence electrons. The predicted molar refractivity (Wildman–Crippen MR) is 75.1 cm³/mol. The third-order valence-corrected chi connectivity index (χ3v) is 2.67. The van der Waals surface area contributed by atoms with Crippen molar-refractivity contribution in [3.8, 4) is 5.75 Å². The summed E-state index contributed by atoms with van der Waals surface area (Å²) < 4.78 is 42.7. The monoisotopic (exact) mass is 334 g/mol. The molecule has 0 saturated heterocycles. The minimum absolute atomic E-state index is 0.00427. The Balaban J connectivity index is 2.32. The molecule has 0 atom stereocenters. The lowest BCUT2D eigenvalue weighted by atomic mass is 10.2. The number of alkyl halides is 3. The third-order valence-electron chi connectivity index (χ3n) is 2.67. The molecule has 0 heterocycles. The van der Waals surface area contributed by atoms with Crippen LogP contribution in [0.5, 0.6) is 5.75 Å². The topological polar surface area (TPSA) is 78.9 Å². The summed E-state index contributed by atoms with van der Waals surface area (Å²) in [6, 6.07) is 4.44. The lowest BCUT2D eigenvalue weighted by Crippen LogP contribution is -2.38. The minimum atomic E-state index is -4.44. The fraction of sp³-hybridized carbons (Fsp3) is 0.429. The summed E-state index contributed by atoms with van der Waals surface area (Å²) in [7, 11) is 1.48. The van der Waals surface area contributed by atoms with Gasteiger partial charge in [-0.25, -0.2) is 0 Å². The van der Waals surface area contributed by atoms with Gasteiger partial charge in [0.05, 0.1) is 25.2 Å². The smallest absolute Gasteiger partial charge is 0.416 e. The van der Waals surface area contributed by atoms with E-state index in [-0.39, 0.29) is 32.0 Å². The van der Waals surface area contributed by atoms with Crippen LogP contribution in [0, 0.1) is 0 Å². The van der Waals surface area contributed by atoms with Crippen LogP contribution in [0.15, 0.2) is 24.3 Å². The van der Waals surface area contributed by atoms with E-state index in [4.69, 9.17) is 9.84 Å². The number of rotatable bonds is 8. The van der Waals surface area contributed by atoms with Gasteiger partial charge in [0, 0.05) is 0 Å². The van der Waals surface area contributed by atoms with Crippen molar-refractivity contribution in [3.05, 3.63) is 29.8 Å². The van der Waals surface area contributed by atoms with Crippen LogP contribution in [0.4, 0.5) is 13.2 Å². The van der Waals surface area contributed by atoms with Gasteiger partial charge in [0.15, 0.2) is 0 Å². The number of carbonyl (C=O) groups excluding carboxylic acids is 1. The first kappa shape index (κ1) is 18.8. The molecule has 1 rings (SSSR count). The number of carbonyl (C=O) groups is 2. The van der Waals surface area contributed by atoms with Crippen LogP contribution in [-0.4, -0.2) is 55.2 Å². The van der Waals surface area contributed by atoms with Gasteiger partial charge < -0.3 is 15.2 Å². The maximum absolute atomic E-state index is 12.5. The number of nitrogens with zero attached hydrogens (tertiary/aromatic N) is 1. The predicted octanol–water partition coefficient (Wildman–Crippen LogP) is 1.22. The summed E-state index contributed by atoms with van der Waals surface area (Å²) in [6.45, 7) is -0.282. The van der Waals surface area contributed by atoms with Crippen molar-refractivity contribution >= 4 is 11.9 Å². The number of carboxylic acids is 1. The Morgan fingerprint density at radius 3 is 2.61 bits per heavy atom. The van der Waals surface area contributed by atoms with Crippen LogP contribution < -0.4 is 10.1 Å². The van der Waals surface area contributed by atoms with Gasteiger partial charge in [0.25, 0.3) is 0 Å². The second-order valence-corrected chi connectivity index (χ2v) is 4.79. The van der Waals surface area contributed by atoms with Crippen molar-refractivity contribution in [3.63, 3.8) is 0 Å². The summed E-state index contributed by atoms with van der Waals surface area (Å²) in [6.07, 6.45) is -4.44. The molecule has 1 aromatic rings. The number of amides is 1. The molecule has 0 aromatic heterocycles. The summed E-state index contributed by atoms with van der Waals surface area (Å²) >= 11 is 0. The number of hydrogen-bond donors (Lipinski definition) is 2. The molecule has 0 bridgehead atoms. The number of hydrogen-bond acceptors (Lipinski definition) is 4. The van der Waals surface area contributed by atoms with Crippen LogP contribution in [-0.2, 0) is 15.8 Å². The van der Waals surface area contributed by atoms with Crippen LogP contribution in [0.2, 0.25) is 0 Å². The van der Waals surface area contributed by atoms with Gasteiger partial charge >= 0.3 is 12.1 Å². The fourth-order valence-electron chi connectivity index (χ4n) is 1.71. The van der Waals surface area contributed by atoms with Crippen LogP contribution >= 0.6 is 0 Å². The highest BCUT2D eigenvalue weighted by atomic mass is 19.4. The normalized spacial score (nSPS) is 11.3. The van der Waals surface area contributed by atoms with Crippen molar-refractivity contribution in [1.29, 1.82) is 0 Å². The Bertz CT molecular complexity index is 549. The Labute approximate surface area is 130 Å². The first-order valence-electron chi connectivity index (χ1n) is 6.65. The molecule has 9 heteroatoms. The average molecular weight is 334 g/mol. The first-order chi connectivity index (χ1) is 10.7. The van der Waals surface area contributed by atoms with Crippen molar-refractivity contribution in [2.24, 2.45) is 0 Å². The van der Waals surface area contributed by atoms with Crippen LogP contribution in [0.3, 0.4) is 0 Å². The number of halogens is 3. The molecule has 0 aliphatic rings. The Morgan fingerprint density at radius 2 is 2.00 bits per heavy atom. The van der Waals surface area contributed by atoms with Crippen LogP contribution in [0.1, 0.15) is 5.56 Å². The third kappa shape index (κ3) is 7.50. The lowest BCUT2D eigenvalue weighted by molar-refractivity contribution is -0.139. The summed E-state index contributed by atoms with van der Waals surface area (Å²) in [5.74, 6) is -1.40. The average Bonchev–Trinajstić information content (AvgIpc) is 2.42. The van der Waals surface area contributed by atoms with Gasteiger partial charge in [-0.3, -0.25) is 14.5 Å². The molecule has 1 aromatic carbocycles. The van der Waals surface area contributed by atoms with Crippen LogP contribution in [0.25, 0.3) is 0 Å². The summed E-state index contributed by atoms with van der Waals surface area (Å²) in [5.41, 5.74) is -0.811. The van der Waals surface area contributed by atoms with E-state index in [1.54, 1.807) is 0 Å². The van der Waals surface area contributed by atoms with Crippen molar-refractivity contribution < 1.29 is 32.6 Å². The number of likely N-dealkylation sites (N-methyl/N-ethyl adjacent to an activating group) is 1. The van der Waals surface area contributed by atoms with Gasteiger partial charge in [-0.1, -0.05) is 6.07 Å². The molecule has 23 heavy (non-hydrogen) atoms. The minimum Gasteiger partial charge on any atom is -0.492 e. The fourth-order valence-corrected chi connectivity index (χ4v) is 1.71. The van der Waals surface area contributed by atoms with E-state index in [0.29, 0.717) is 0 Å². The molecule has 0 aliphatic heterocycles. The van der Waals surface area contributed by atoms with E-state index in [2.05, 4.69) is 5.32 Å². The highest BCUT2D eigenvalue weighted by Gasteiger charge is 2.30. The number of aliphatic carboxylic acids is 1. The maximum Gasteiger partial charge on any atom is 0.416 e. The van der Waals surface area contributed by atoms with Gasteiger partial charge in [-0.2, -0.15) is 13.2 Å². The Hall–Kier alpha value is -2.29. The SMILES string of the molecule is CN(CC(=O)O)CC(=O)NCCOc1cccc(C(F)(F)F)c1. The summed E-state index contributed by atoms with van der Waals surface area (Å²) in [5, 5.41) is 11.0. The first-order valence-corrected chi connectivity index (χ1v) is 6.65. The molecular weight excluding hydrogens is 317 g/mol. The zero-order valence-corrected chi connectivity index (χ0v) is 12.4. The van der Waals surface area contributed by atoms with E-state index in [1.165, 1.54) is 24.1 Å². The van der Waals surface area contributed by atoms with Gasteiger partial charge in [-0.05, 0) is 25.2 Å². The summed E-state index contributed by atoms with van der Waals surface area (Å²) in [4.78, 5) is 23.2. The largest absolute Gasteiger partial charge is 0.492 e. The molecule has 2 N–H and O–H groups in total. The molecule has 0 spiro atoms. The number of nitrogens with one attached hydrogen (secondary N) is 1. The van der Waals surface area contributed by atoms with E-state index < -0.39 is 23.6 Å². The molecule has 0 saturated carbocycles. The molecule has 0 unspecified atom stereocenters. The lowest BCUT2D eigenvalue weighted by Gasteiger charge is -2.14. The van der Waals surface area contributed by atoms with E-state index in [9.17, 15) is 22.8 Å². The van der Waals surface area contributed by atoms with Gasteiger partial charge in [0.2, 0.25) is 5.91 Å². The van der Waals surface area contributed by atoms with Crippen molar-refractivity contribution in [2.45, 2.75) is 6.18 Å². The van der Waals surface area contributed by atoms with E-state index >= 15 is 0 Å². The van der Waals surface area contributed by atoms with E-state index in [0.717, 1.165) is 12.1 Å². The number of carboxylic acid groups (broad SMARTS) is 1. The molecular formula is C14H17F3N2O4. The molecule has 0 aliphatic carbocycles. The zero-order valence-electron chi connectivity index (χ0n) is 12.4. The molecule has 6 nitrogen and oxygen atoms in total. The second-order valence-electron chi connectivity index (χ2n) is 4.79. The highest BCUT2D eigenvalue weighted by molar-refractivity contribution is 5.78. The molecule has 0 radical (unpaired) electrons. The van der Waals surface area contributed by atoms with Crippen molar-refractivity contribution in [1.82, 2.24) is 10.2 Å². The highest BCUT2D eigenvalue weighted by Crippen LogP contribution is 2.31. The Kier molecular flexibility index (Phi) is 6.83. The Morgan fingerprint density at radius 1 is 1.30 bits per heavy atom. The molecule has 1 amide bonds. The standard InChI is InChI=1S/C14H17F3N2O4/c1-19(9-13(21)22)8-12(20)18-5-6-23-11-4-2-3-10(7-11)14(15,16)17/h2-4,7H,5-6,8-9H2,1H3,(H,18,20)(H,21,22). The van der Waals surface area contributed by atoms with Gasteiger partial charge in [0.1, 0.15) is 12.4 Å². The van der Waals surface area contributed by atoms with E-state index in [1.807, 2.05) is 0 Å². The quantitative estimate of drug-likeness (QED) is 0.699. The zero-order chi connectivity index (χ0) is 17.5. The number of benzene rings is 1. The maximum atomic E-state index is 12.5. The van der Waals surface area contributed by atoms with Crippen molar-refractivity contribution in [2.75, 3.05) is 33.3 Å². The number of ether oxygens (including phenoxy) is 1.